The molecule has 8 heteroatoms. The van der Waals surface area contributed by atoms with Crippen LogP contribution in [-0.4, -0.2) is 44.3 Å². The molecule has 0 saturated carbocycles. The van der Waals surface area contributed by atoms with Crippen LogP contribution in [0, 0.1) is 0 Å². The topological polar surface area (TPSA) is 102 Å². The zero-order valence-corrected chi connectivity index (χ0v) is 13.0. The quantitative estimate of drug-likeness (QED) is 0.256. The summed E-state index contributed by atoms with van der Waals surface area (Å²) in [6, 6.07) is 5.36. The minimum absolute atomic E-state index is 0.0233. The monoisotopic (exact) mass is 318 g/mol. The molecule has 0 aliphatic heterocycles. The molecule has 0 heterocycles. The van der Waals surface area contributed by atoms with Crippen molar-refractivity contribution in [2.45, 2.75) is 5.75 Å². The Kier molecular flexibility index (Phi) is 6.15. The van der Waals surface area contributed by atoms with Gasteiger partial charge in [0.1, 0.15) is 15.6 Å². The Morgan fingerprint density at radius 1 is 1.50 bits per heavy atom. The molecule has 0 radical (unpaired) electrons. The van der Waals surface area contributed by atoms with Gasteiger partial charge in [0.15, 0.2) is 5.84 Å². The summed E-state index contributed by atoms with van der Waals surface area (Å²) in [6.07, 6.45) is 1.22. The Labute approximate surface area is 122 Å². The van der Waals surface area contributed by atoms with Crippen LogP contribution in [0.1, 0.15) is 11.1 Å². The van der Waals surface area contributed by atoms with Gasteiger partial charge in [0.2, 0.25) is 0 Å². The number of hydrogen-bond acceptors (Lipinski definition) is 6. The van der Waals surface area contributed by atoms with E-state index in [0.29, 0.717) is 22.8 Å². The van der Waals surface area contributed by atoms with E-state index in [-0.39, 0.29) is 11.6 Å². The summed E-state index contributed by atoms with van der Waals surface area (Å²) in [5.74, 6) is 1.82. The first-order valence-electron chi connectivity index (χ1n) is 5.77. The summed E-state index contributed by atoms with van der Waals surface area (Å²) in [5.41, 5.74) is 7.05. The number of benzene rings is 1. The summed E-state index contributed by atoms with van der Waals surface area (Å²) in [7, 11) is -1.42. The third-order valence-corrected chi connectivity index (χ3v) is 4.75. The van der Waals surface area contributed by atoms with Crippen LogP contribution >= 0.6 is 11.8 Å². The molecule has 0 bridgehead atoms. The third-order valence-electron chi connectivity index (χ3n) is 2.51. The van der Waals surface area contributed by atoms with Gasteiger partial charge in [-0.2, -0.15) is 11.8 Å². The molecule has 0 amide bonds. The van der Waals surface area contributed by atoms with Gasteiger partial charge in [-0.15, -0.1) is 0 Å². The van der Waals surface area contributed by atoms with Gasteiger partial charge in [-0.25, -0.2) is 8.42 Å². The van der Waals surface area contributed by atoms with E-state index in [1.54, 1.807) is 12.1 Å². The summed E-state index contributed by atoms with van der Waals surface area (Å²) >= 11 is 1.51. The highest BCUT2D eigenvalue weighted by molar-refractivity contribution is 7.99. The highest BCUT2D eigenvalue weighted by Gasteiger charge is 2.09. The van der Waals surface area contributed by atoms with Crippen molar-refractivity contribution in [2.24, 2.45) is 10.9 Å². The molecule has 0 aromatic heterocycles. The zero-order chi connectivity index (χ0) is 15.2. The average molecular weight is 318 g/mol. The van der Waals surface area contributed by atoms with Crippen molar-refractivity contribution in [3.8, 4) is 5.75 Å². The van der Waals surface area contributed by atoms with Crippen molar-refractivity contribution in [2.75, 3.05) is 24.9 Å². The van der Waals surface area contributed by atoms with E-state index in [1.165, 1.54) is 25.1 Å². The fourth-order valence-electron chi connectivity index (χ4n) is 1.50. The van der Waals surface area contributed by atoms with Crippen molar-refractivity contribution >= 4 is 27.4 Å². The molecule has 6 nitrogen and oxygen atoms in total. The zero-order valence-electron chi connectivity index (χ0n) is 11.4. The predicted molar refractivity (Wildman–Crippen MR) is 81.4 cm³/mol. The number of ether oxygens (including phenoxy) is 1. The van der Waals surface area contributed by atoms with Gasteiger partial charge in [-0.1, -0.05) is 11.2 Å². The first kappa shape index (κ1) is 16.6. The summed E-state index contributed by atoms with van der Waals surface area (Å²) in [5, 5.41) is 11.7. The number of rotatable bonds is 7. The van der Waals surface area contributed by atoms with Gasteiger partial charge in [0, 0.05) is 17.8 Å². The second kappa shape index (κ2) is 7.39. The van der Waals surface area contributed by atoms with E-state index in [4.69, 9.17) is 15.7 Å². The van der Waals surface area contributed by atoms with Crippen LogP contribution in [0.3, 0.4) is 0 Å². The van der Waals surface area contributed by atoms with Crippen molar-refractivity contribution in [1.82, 2.24) is 0 Å². The van der Waals surface area contributed by atoms with Gasteiger partial charge < -0.3 is 15.7 Å². The number of oxime groups is 1. The molecule has 112 valence electrons. The van der Waals surface area contributed by atoms with Crippen molar-refractivity contribution in [3.05, 3.63) is 29.3 Å². The van der Waals surface area contributed by atoms with Crippen molar-refractivity contribution < 1.29 is 18.4 Å². The Hall–Kier alpha value is -1.41. The lowest BCUT2D eigenvalue weighted by molar-refractivity contribution is 0.318. The van der Waals surface area contributed by atoms with E-state index < -0.39 is 9.84 Å². The first-order chi connectivity index (χ1) is 9.37. The van der Waals surface area contributed by atoms with Crippen molar-refractivity contribution in [3.63, 3.8) is 0 Å². The summed E-state index contributed by atoms with van der Waals surface area (Å²) in [4.78, 5) is 0. The van der Waals surface area contributed by atoms with Crippen LogP contribution in [-0.2, 0) is 15.6 Å². The molecule has 0 fully saturated rings. The fourth-order valence-corrected chi connectivity index (χ4v) is 3.74. The molecule has 0 aliphatic rings. The van der Waals surface area contributed by atoms with Gasteiger partial charge in [0.05, 0.1) is 18.4 Å². The summed E-state index contributed by atoms with van der Waals surface area (Å²) < 4.78 is 27.2. The third kappa shape index (κ3) is 5.30. The van der Waals surface area contributed by atoms with E-state index in [9.17, 15) is 8.42 Å². The second-order valence-electron chi connectivity index (χ2n) is 4.20. The number of hydrogen-bond donors (Lipinski definition) is 2. The van der Waals surface area contributed by atoms with Crippen LogP contribution in [0.15, 0.2) is 23.4 Å². The molecule has 20 heavy (non-hydrogen) atoms. The molecule has 1 aromatic carbocycles. The highest BCUT2D eigenvalue weighted by Crippen LogP contribution is 2.22. The number of nitrogens with two attached hydrogens (primary N) is 1. The molecular weight excluding hydrogens is 300 g/mol. The standard InChI is InChI=1S/C12H18N2O4S2/c1-18-11-4-3-9(7-10(11)12(13)14-15)8-19-5-6-20(2,16)17/h3-4,7,15H,5-6,8H2,1-2H3,(H2,13,14). The Morgan fingerprint density at radius 3 is 2.75 bits per heavy atom. The molecule has 0 atom stereocenters. The van der Waals surface area contributed by atoms with Crippen LogP contribution in [0.5, 0.6) is 5.75 Å². The minimum Gasteiger partial charge on any atom is -0.496 e. The highest BCUT2D eigenvalue weighted by atomic mass is 32.2. The fraction of sp³-hybridized carbons (Fsp3) is 0.417. The van der Waals surface area contributed by atoms with Gasteiger partial charge in [0.25, 0.3) is 0 Å². The first-order valence-corrected chi connectivity index (χ1v) is 8.99. The number of methoxy groups -OCH3 is 1. The number of sulfone groups is 1. The van der Waals surface area contributed by atoms with E-state index in [0.717, 1.165) is 5.56 Å². The van der Waals surface area contributed by atoms with Gasteiger partial charge in [-0.05, 0) is 17.7 Å². The molecule has 1 rings (SSSR count). The van der Waals surface area contributed by atoms with Crippen LogP contribution < -0.4 is 10.5 Å². The maximum absolute atomic E-state index is 11.0. The molecule has 3 N–H and O–H groups in total. The normalized spacial score (nSPS) is 12.4. The molecule has 0 unspecified atom stereocenters. The van der Waals surface area contributed by atoms with E-state index in [1.807, 2.05) is 6.07 Å². The maximum atomic E-state index is 11.0. The molecular formula is C12H18N2O4S2. The molecule has 0 saturated heterocycles. The lowest BCUT2D eigenvalue weighted by Crippen LogP contribution is -2.14. The predicted octanol–water partition coefficient (Wildman–Crippen LogP) is 1.07. The lowest BCUT2D eigenvalue weighted by atomic mass is 10.1. The number of thioether (sulfide) groups is 1. The Morgan fingerprint density at radius 2 is 2.20 bits per heavy atom. The Balaban J connectivity index is 2.73. The smallest absolute Gasteiger partial charge is 0.173 e. The van der Waals surface area contributed by atoms with Crippen LogP contribution in [0.2, 0.25) is 0 Å². The average Bonchev–Trinajstić information content (AvgIpc) is 2.41. The lowest BCUT2D eigenvalue weighted by Gasteiger charge is -2.09. The molecule has 0 aliphatic carbocycles. The van der Waals surface area contributed by atoms with Crippen LogP contribution in [0.4, 0.5) is 0 Å². The maximum Gasteiger partial charge on any atom is 0.173 e. The Bertz CT molecular complexity index is 585. The largest absolute Gasteiger partial charge is 0.496 e. The van der Waals surface area contributed by atoms with E-state index in [2.05, 4.69) is 5.16 Å². The second-order valence-corrected chi connectivity index (χ2v) is 7.57. The molecule has 0 spiro atoms. The van der Waals surface area contributed by atoms with Crippen molar-refractivity contribution in [1.29, 1.82) is 0 Å². The van der Waals surface area contributed by atoms with Gasteiger partial charge in [-0.3, -0.25) is 0 Å². The van der Waals surface area contributed by atoms with Gasteiger partial charge >= 0.3 is 0 Å². The van der Waals surface area contributed by atoms with E-state index >= 15 is 0 Å². The van der Waals surface area contributed by atoms with Crippen LogP contribution in [0.25, 0.3) is 0 Å². The summed E-state index contributed by atoms with van der Waals surface area (Å²) in [6.45, 7) is 0. The number of amidine groups is 1. The SMILES string of the molecule is COc1ccc(CSCCS(C)(=O)=O)cc1C(N)=NO. The molecule has 1 aromatic rings. The minimum atomic E-state index is -2.93. The number of nitrogens with zero attached hydrogens (tertiary/aromatic N) is 1.